The van der Waals surface area contributed by atoms with Crippen LogP contribution in [0.15, 0.2) is 28.8 Å². The molecule has 0 aliphatic rings. The van der Waals surface area contributed by atoms with Gasteiger partial charge in [-0.25, -0.2) is 12.8 Å². The van der Waals surface area contributed by atoms with Crippen LogP contribution >= 0.6 is 0 Å². The second kappa shape index (κ2) is 6.08. The quantitative estimate of drug-likeness (QED) is 0.846. The number of hydrogen-bond donors (Lipinski definition) is 0. The van der Waals surface area contributed by atoms with Crippen LogP contribution in [0.4, 0.5) is 10.1 Å². The molecule has 0 N–H and O–H groups in total. The highest BCUT2D eigenvalue weighted by atomic mass is 32.2. The van der Waals surface area contributed by atoms with E-state index in [0.717, 1.165) is 4.31 Å². The molecule has 0 aliphatic carbocycles. The number of aryl methyl sites for hydroxylation is 2. The molecule has 2 rings (SSSR count). The summed E-state index contributed by atoms with van der Waals surface area (Å²) in [5, 5.41) is 3.15. The van der Waals surface area contributed by atoms with Crippen LogP contribution in [0.5, 0.6) is 0 Å². The minimum Gasteiger partial charge on any atom is -0.361 e. The van der Waals surface area contributed by atoms with Gasteiger partial charge in [-0.3, -0.25) is 4.31 Å². The number of sulfonamides is 1. The number of nitrogens with zero attached hydrogens (tertiary/aromatic N) is 2. The van der Waals surface area contributed by atoms with Gasteiger partial charge < -0.3 is 4.52 Å². The highest BCUT2D eigenvalue weighted by molar-refractivity contribution is 7.93. The Morgan fingerprint density at radius 2 is 1.91 bits per heavy atom. The molecule has 1 heterocycles. The molecule has 0 atom stereocenters. The smallest absolute Gasteiger partial charge is 0.237 e. The van der Waals surface area contributed by atoms with E-state index in [1.54, 1.807) is 33.8 Å². The second-order valence-corrected chi connectivity index (χ2v) is 7.77. The topological polar surface area (TPSA) is 63.4 Å². The van der Waals surface area contributed by atoms with Crippen molar-refractivity contribution in [1.29, 1.82) is 0 Å². The summed E-state index contributed by atoms with van der Waals surface area (Å²) in [5.74, 6) is -0.0590. The Morgan fingerprint density at radius 1 is 1.27 bits per heavy atom. The average molecular weight is 326 g/mol. The number of rotatable bonds is 5. The predicted octanol–water partition coefficient (Wildman–Crippen LogP) is 3.18. The SMILES string of the molecule is Cc1noc(C)c1CN(c1ccccc1F)S(=O)(=O)C(C)C. The van der Waals surface area contributed by atoms with E-state index in [2.05, 4.69) is 5.16 Å². The van der Waals surface area contributed by atoms with Gasteiger partial charge in [0.1, 0.15) is 11.6 Å². The van der Waals surface area contributed by atoms with Crippen molar-refractivity contribution >= 4 is 15.7 Å². The number of aromatic nitrogens is 1. The van der Waals surface area contributed by atoms with Gasteiger partial charge in [0.2, 0.25) is 10.0 Å². The lowest BCUT2D eigenvalue weighted by atomic mass is 10.2. The maximum absolute atomic E-state index is 14.1. The van der Waals surface area contributed by atoms with Crippen LogP contribution in [0.3, 0.4) is 0 Å². The normalized spacial score (nSPS) is 11.9. The Kier molecular flexibility index (Phi) is 4.55. The predicted molar refractivity (Wildman–Crippen MR) is 82.6 cm³/mol. The van der Waals surface area contributed by atoms with E-state index >= 15 is 0 Å². The van der Waals surface area contributed by atoms with Gasteiger partial charge in [-0.05, 0) is 39.8 Å². The van der Waals surface area contributed by atoms with E-state index in [1.807, 2.05) is 0 Å². The second-order valence-electron chi connectivity index (χ2n) is 5.35. The van der Waals surface area contributed by atoms with Crippen molar-refractivity contribution in [3.63, 3.8) is 0 Å². The van der Waals surface area contributed by atoms with Crippen LogP contribution in [0.25, 0.3) is 0 Å². The van der Waals surface area contributed by atoms with Gasteiger partial charge in [-0.1, -0.05) is 17.3 Å². The van der Waals surface area contributed by atoms with Gasteiger partial charge in [-0.2, -0.15) is 0 Å². The van der Waals surface area contributed by atoms with E-state index < -0.39 is 21.1 Å². The molecule has 1 aromatic carbocycles. The van der Waals surface area contributed by atoms with Crippen LogP contribution < -0.4 is 4.31 Å². The largest absolute Gasteiger partial charge is 0.361 e. The summed E-state index contributed by atoms with van der Waals surface area (Å²) in [5.41, 5.74) is 1.27. The summed E-state index contributed by atoms with van der Waals surface area (Å²) in [6, 6.07) is 5.82. The van der Waals surface area contributed by atoms with Crippen molar-refractivity contribution in [3.05, 3.63) is 47.1 Å². The highest BCUT2D eigenvalue weighted by Gasteiger charge is 2.30. The zero-order valence-corrected chi connectivity index (χ0v) is 13.8. The van der Waals surface area contributed by atoms with E-state index in [4.69, 9.17) is 4.52 Å². The van der Waals surface area contributed by atoms with Gasteiger partial charge >= 0.3 is 0 Å². The standard InChI is InChI=1S/C15H19FN2O3S/c1-10(2)22(19,20)18(15-8-6-5-7-14(15)16)9-13-11(3)17-21-12(13)4/h5-8,10H,9H2,1-4H3. The van der Waals surface area contributed by atoms with Crippen molar-refractivity contribution in [2.45, 2.75) is 39.5 Å². The molecule has 0 saturated heterocycles. The molecule has 1 aromatic heterocycles. The lowest BCUT2D eigenvalue weighted by molar-refractivity contribution is 0.392. The first-order valence-corrected chi connectivity index (χ1v) is 8.43. The maximum atomic E-state index is 14.1. The third-order valence-electron chi connectivity index (χ3n) is 3.51. The maximum Gasteiger partial charge on any atom is 0.237 e. The van der Waals surface area contributed by atoms with E-state index in [-0.39, 0.29) is 12.2 Å². The summed E-state index contributed by atoms with van der Waals surface area (Å²) in [4.78, 5) is 0. The fourth-order valence-electron chi connectivity index (χ4n) is 2.09. The zero-order chi connectivity index (χ0) is 16.5. The molecule has 0 unspecified atom stereocenters. The summed E-state index contributed by atoms with van der Waals surface area (Å²) < 4.78 is 45.6. The molecule has 22 heavy (non-hydrogen) atoms. The molecule has 2 aromatic rings. The summed E-state index contributed by atoms with van der Waals surface area (Å²) in [6.45, 7) is 6.56. The van der Waals surface area contributed by atoms with Crippen molar-refractivity contribution in [2.75, 3.05) is 4.31 Å². The number of para-hydroxylation sites is 1. The Labute approximate surface area is 129 Å². The molecule has 0 radical (unpaired) electrons. The van der Waals surface area contributed by atoms with Gasteiger partial charge in [0.05, 0.1) is 23.2 Å². The van der Waals surface area contributed by atoms with Crippen molar-refractivity contribution in [1.82, 2.24) is 5.16 Å². The molecule has 0 spiro atoms. The molecule has 0 saturated carbocycles. The first-order valence-electron chi connectivity index (χ1n) is 6.93. The molecular formula is C15H19FN2O3S. The molecule has 5 nitrogen and oxygen atoms in total. The summed E-state index contributed by atoms with van der Waals surface area (Å²) >= 11 is 0. The summed E-state index contributed by atoms with van der Waals surface area (Å²) in [6.07, 6.45) is 0. The monoisotopic (exact) mass is 326 g/mol. The van der Waals surface area contributed by atoms with E-state index in [0.29, 0.717) is 17.0 Å². The van der Waals surface area contributed by atoms with Crippen LogP contribution in [-0.2, 0) is 16.6 Å². The Balaban J connectivity index is 2.55. The van der Waals surface area contributed by atoms with Crippen LogP contribution in [0, 0.1) is 19.7 Å². The number of hydrogen-bond acceptors (Lipinski definition) is 4. The Bertz CT molecular complexity index is 749. The first kappa shape index (κ1) is 16.5. The summed E-state index contributed by atoms with van der Waals surface area (Å²) in [7, 11) is -3.70. The van der Waals surface area contributed by atoms with E-state index in [1.165, 1.54) is 18.2 Å². The molecule has 7 heteroatoms. The average Bonchev–Trinajstić information content (AvgIpc) is 2.76. The molecule has 0 aliphatic heterocycles. The van der Waals surface area contributed by atoms with Gasteiger partial charge in [0.25, 0.3) is 0 Å². The molecular weight excluding hydrogens is 307 g/mol. The Hall–Kier alpha value is -1.89. The lowest BCUT2D eigenvalue weighted by Gasteiger charge is -2.26. The molecule has 0 amide bonds. The number of benzene rings is 1. The van der Waals surface area contributed by atoms with Crippen molar-refractivity contribution in [2.24, 2.45) is 0 Å². The Morgan fingerprint density at radius 3 is 2.41 bits per heavy atom. The molecule has 0 bridgehead atoms. The fraction of sp³-hybridized carbons (Fsp3) is 0.400. The van der Waals surface area contributed by atoms with Crippen molar-refractivity contribution in [3.8, 4) is 0 Å². The van der Waals surface area contributed by atoms with E-state index in [9.17, 15) is 12.8 Å². The molecule has 0 fully saturated rings. The van der Waals surface area contributed by atoms with Crippen LogP contribution in [0.2, 0.25) is 0 Å². The minimum absolute atomic E-state index is 0.0113. The minimum atomic E-state index is -3.70. The van der Waals surface area contributed by atoms with Crippen LogP contribution in [-0.4, -0.2) is 18.8 Å². The van der Waals surface area contributed by atoms with Crippen LogP contribution in [0.1, 0.15) is 30.9 Å². The fourth-order valence-corrected chi connectivity index (χ4v) is 3.33. The molecule has 120 valence electrons. The van der Waals surface area contributed by atoms with Gasteiger partial charge in [0.15, 0.2) is 0 Å². The number of anilines is 1. The first-order chi connectivity index (χ1) is 10.2. The van der Waals surface area contributed by atoms with Gasteiger partial charge in [-0.15, -0.1) is 0 Å². The zero-order valence-electron chi connectivity index (χ0n) is 13.0. The number of halogens is 1. The highest BCUT2D eigenvalue weighted by Crippen LogP contribution is 2.28. The third kappa shape index (κ3) is 2.99. The third-order valence-corrected chi connectivity index (χ3v) is 5.64. The van der Waals surface area contributed by atoms with Crippen molar-refractivity contribution < 1.29 is 17.3 Å². The lowest BCUT2D eigenvalue weighted by Crippen LogP contribution is -2.36. The van der Waals surface area contributed by atoms with Gasteiger partial charge in [0, 0.05) is 5.56 Å².